The Bertz CT molecular complexity index is 571. The number of hydrogen-bond acceptors (Lipinski definition) is 3. The minimum atomic E-state index is -0.277. The lowest BCUT2D eigenvalue weighted by Crippen LogP contribution is -2.25. The van der Waals surface area contributed by atoms with E-state index in [-0.39, 0.29) is 5.91 Å². The first-order chi connectivity index (χ1) is 8.06. The maximum atomic E-state index is 12.0. The van der Waals surface area contributed by atoms with Gasteiger partial charge in [0, 0.05) is 18.0 Å². The van der Waals surface area contributed by atoms with E-state index in [4.69, 9.17) is 9.25 Å². The van der Waals surface area contributed by atoms with Gasteiger partial charge < -0.3 is 4.42 Å². The van der Waals surface area contributed by atoms with Crippen molar-refractivity contribution < 1.29 is 14.0 Å². The molecule has 1 heterocycles. The van der Waals surface area contributed by atoms with Crippen LogP contribution in [-0.2, 0) is 4.84 Å². The molecular formula is C13H15NO3. The average Bonchev–Trinajstić information content (AvgIpc) is 2.67. The summed E-state index contributed by atoms with van der Waals surface area (Å²) in [5.74, 6) is 0.0549. The number of fused-ring (bicyclic) bond motifs is 1. The van der Waals surface area contributed by atoms with Gasteiger partial charge in [-0.1, -0.05) is 18.2 Å². The van der Waals surface area contributed by atoms with Crippen LogP contribution in [0.25, 0.3) is 11.0 Å². The summed E-state index contributed by atoms with van der Waals surface area (Å²) in [4.78, 5) is 16.9. The van der Waals surface area contributed by atoms with Crippen LogP contribution in [0.4, 0.5) is 0 Å². The first-order valence-electron chi connectivity index (χ1n) is 5.37. The maximum Gasteiger partial charge on any atom is 0.313 e. The van der Waals surface area contributed by atoms with Crippen LogP contribution in [0.3, 0.4) is 0 Å². The molecule has 0 bridgehead atoms. The second-order valence-electron chi connectivity index (χ2n) is 3.99. The smallest absolute Gasteiger partial charge is 0.313 e. The first-order valence-corrected chi connectivity index (χ1v) is 5.37. The Balaban J connectivity index is 2.60. The average molecular weight is 233 g/mol. The molecule has 0 aliphatic heterocycles. The zero-order valence-corrected chi connectivity index (χ0v) is 10.4. The number of hydrogen-bond donors (Lipinski definition) is 0. The van der Waals surface area contributed by atoms with Gasteiger partial charge in [-0.15, -0.1) is 0 Å². The second kappa shape index (κ2) is 4.22. The van der Waals surface area contributed by atoms with Crippen LogP contribution in [0.1, 0.15) is 21.7 Å². The Kier molecular flexibility index (Phi) is 2.90. The lowest BCUT2D eigenvalue weighted by molar-refractivity contribution is -0.0773. The molecule has 90 valence electrons. The highest BCUT2D eigenvalue weighted by Gasteiger charge is 2.21. The normalized spacial score (nSPS) is 10.8. The van der Waals surface area contributed by atoms with E-state index in [1.807, 2.05) is 32.0 Å². The number of amides is 1. The summed E-state index contributed by atoms with van der Waals surface area (Å²) in [6.07, 6.45) is 0. The molecule has 4 heteroatoms. The number of benzene rings is 1. The Morgan fingerprint density at radius 1 is 1.35 bits per heavy atom. The molecule has 1 aromatic carbocycles. The van der Waals surface area contributed by atoms with E-state index in [1.165, 1.54) is 7.11 Å². The predicted octanol–water partition coefficient (Wildman–Crippen LogP) is 2.68. The van der Waals surface area contributed by atoms with Gasteiger partial charge in [0.2, 0.25) is 0 Å². The molecule has 17 heavy (non-hydrogen) atoms. The molecule has 0 saturated carbocycles. The molecule has 2 rings (SSSR count). The van der Waals surface area contributed by atoms with E-state index >= 15 is 0 Å². The molecule has 0 N–H and O–H groups in total. The Morgan fingerprint density at radius 2 is 2.06 bits per heavy atom. The molecule has 0 unspecified atom stereocenters. The van der Waals surface area contributed by atoms with Gasteiger partial charge in [0.25, 0.3) is 0 Å². The van der Waals surface area contributed by atoms with Crippen molar-refractivity contribution >= 4 is 16.9 Å². The summed E-state index contributed by atoms with van der Waals surface area (Å²) in [6, 6.07) is 5.86. The monoisotopic (exact) mass is 233 g/mol. The number of carbonyl (C=O) groups is 1. The topological polar surface area (TPSA) is 42.7 Å². The van der Waals surface area contributed by atoms with Crippen LogP contribution in [0.15, 0.2) is 22.6 Å². The van der Waals surface area contributed by atoms with Crippen molar-refractivity contribution in [1.82, 2.24) is 5.06 Å². The van der Waals surface area contributed by atoms with Gasteiger partial charge in [0.15, 0.2) is 5.76 Å². The van der Waals surface area contributed by atoms with Crippen molar-refractivity contribution in [2.24, 2.45) is 0 Å². The maximum absolute atomic E-state index is 12.0. The molecule has 1 amide bonds. The van der Waals surface area contributed by atoms with Gasteiger partial charge in [0.05, 0.1) is 7.11 Å². The number of carbonyl (C=O) groups excluding carboxylic acids is 1. The molecule has 4 nitrogen and oxygen atoms in total. The number of para-hydroxylation sites is 1. The van der Waals surface area contributed by atoms with E-state index in [0.717, 1.165) is 27.2 Å². The van der Waals surface area contributed by atoms with Crippen molar-refractivity contribution in [3.05, 3.63) is 35.1 Å². The highest BCUT2D eigenvalue weighted by Crippen LogP contribution is 2.28. The van der Waals surface area contributed by atoms with E-state index < -0.39 is 0 Å². The third kappa shape index (κ3) is 1.80. The molecule has 0 fully saturated rings. The number of nitrogens with zero attached hydrogens (tertiary/aromatic N) is 1. The largest absolute Gasteiger partial charge is 0.450 e. The van der Waals surface area contributed by atoms with Crippen LogP contribution >= 0.6 is 0 Å². The summed E-state index contributed by atoms with van der Waals surface area (Å²) < 4.78 is 5.64. The number of hydroxylamine groups is 2. The summed E-state index contributed by atoms with van der Waals surface area (Å²) in [6.45, 7) is 3.83. The molecular weight excluding hydrogens is 218 g/mol. The summed E-state index contributed by atoms with van der Waals surface area (Å²) in [5, 5.41) is 2.12. The van der Waals surface area contributed by atoms with E-state index in [1.54, 1.807) is 7.05 Å². The minimum Gasteiger partial charge on any atom is -0.450 e. The lowest BCUT2D eigenvalue weighted by atomic mass is 10.1. The first kappa shape index (κ1) is 11.7. The Morgan fingerprint density at radius 3 is 2.65 bits per heavy atom. The number of rotatable bonds is 2. The van der Waals surface area contributed by atoms with E-state index in [0.29, 0.717) is 5.76 Å². The SMILES string of the molecule is CON(C)C(=O)c1oc2c(C)cccc2c1C. The highest BCUT2D eigenvalue weighted by atomic mass is 16.7. The van der Waals surface area contributed by atoms with Gasteiger partial charge >= 0.3 is 5.91 Å². The predicted molar refractivity (Wildman–Crippen MR) is 64.8 cm³/mol. The van der Waals surface area contributed by atoms with Crippen LogP contribution in [0, 0.1) is 13.8 Å². The highest BCUT2D eigenvalue weighted by molar-refractivity contribution is 5.98. The standard InChI is InChI=1S/C13H15NO3/c1-8-6-5-7-10-9(2)12(17-11(8)10)13(15)14(3)16-4/h5-7H,1-4H3. The van der Waals surface area contributed by atoms with Gasteiger partial charge in [0.1, 0.15) is 5.58 Å². The molecule has 0 spiro atoms. The Hall–Kier alpha value is -1.81. The summed E-state index contributed by atoms with van der Waals surface area (Å²) in [5.41, 5.74) is 2.63. The Labute approximate surface area is 99.7 Å². The molecule has 0 atom stereocenters. The fraction of sp³-hybridized carbons (Fsp3) is 0.308. The molecule has 2 aromatic rings. The summed E-state index contributed by atoms with van der Waals surface area (Å²) in [7, 11) is 3.00. The second-order valence-corrected chi connectivity index (χ2v) is 3.99. The van der Waals surface area contributed by atoms with Crippen LogP contribution in [0.5, 0.6) is 0 Å². The third-order valence-corrected chi connectivity index (χ3v) is 2.91. The van der Waals surface area contributed by atoms with Crippen molar-refractivity contribution in [1.29, 1.82) is 0 Å². The van der Waals surface area contributed by atoms with E-state index in [9.17, 15) is 4.79 Å². The molecule has 0 aliphatic rings. The van der Waals surface area contributed by atoms with Crippen molar-refractivity contribution in [2.45, 2.75) is 13.8 Å². The van der Waals surface area contributed by atoms with Gasteiger partial charge in [-0.3, -0.25) is 9.63 Å². The zero-order chi connectivity index (χ0) is 12.6. The van der Waals surface area contributed by atoms with Crippen LogP contribution in [-0.4, -0.2) is 25.1 Å². The van der Waals surface area contributed by atoms with Crippen molar-refractivity contribution in [2.75, 3.05) is 14.2 Å². The molecule has 1 aromatic heterocycles. The number of furan rings is 1. The molecule has 0 aliphatic carbocycles. The molecule has 0 saturated heterocycles. The fourth-order valence-corrected chi connectivity index (χ4v) is 1.81. The quantitative estimate of drug-likeness (QED) is 0.749. The van der Waals surface area contributed by atoms with Crippen molar-refractivity contribution in [3.8, 4) is 0 Å². The lowest BCUT2D eigenvalue weighted by Gasteiger charge is -2.11. The van der Waals surface area contributed by atoms with Gasteiger partial charge in [-0.05, 0) is 19.4 Å². The number of aryl methyl sites for hydroxylation is 2. The fourth-order valence-electron chi connectivity index (χ4n) is 1.81. The van der Waals surface area contributed by atoms with Crippen LogP contribution in [0.2, 0.25) is 0 Å². The third-order valence-electron chi connectivity index (χ3n) is 2.91. The minimum absolute atomic E-state index is 0.277. The molecule has 0 radical (unpaired) electrons. The zero-order valence-electron chi connectivity index (χ0n) is 10.4. The van der Waals surface area contributed by atoms with Gasteiger partial charge in [-0.2, -0.15) is 0 Å². The van der Waals surface area contributed by atoms with Crippen molar-refractivity contribution in [3.63, 3.8) is 0 Å². The summed E-state index contributed by atoms with van der Waals surface area (Å²) >= 11 is 0. The van der Waals surface area contributed by atoms with E-state index in [2.05, 4.69) is 0 Å². The van der Waals surface area contributed by atoms with Crippen LogP contribution < -0.4 is 0 Å². The van der Waals surface area contributed by atoms with Gasteiger partial charge in [-0.25, -0.2) is 5.06 Å².